The number of methoxy groups -OCH3 is 1. The van der Waals surface area contributed by atoms with E-state index in [1.807, 2.05) is 6.07 Å². The highest BCUT2D eigenvalue weighted by molar-refractivity contribution is 9.10. The molecule has 5 nitrogen and oxygen atoms in total. The number of carboxylic acid groups (broad SMARTS) is 1. The fourth-order valence-corrected chi connectivity index (χ4v) is 4.19. The maximum Gasteiger partial charge on any atom is 0.340 e. The third-order valence-corrected chi connectivity index (χ3v) is 5.52. The third kappa shape index (κ3) is 2.73. The Morgan fingerprint density at radius 1 is 1.38 bits per heavy atom. The van der Waals surface area contributed by atoms with Crippen molar-refractivity contribution in [2.75, 3.05) is 7.11 Å². The first-order valence-corrected chi connectivity index (χ1v) is 8.74. The van der Waals surface area contributed by atoms with Crippen LogP contribution in [0, 0.1) is 5.92 Å². The molecule has 2 unspecified atom stereocenters. The maximum atomic E-state index is 12.3. The van der Waals surface area contributed by atoms with E-state index in [4.69, 9.17) is 4.74 Å². The van der Waals surface area contributed by atoms with Crippen LogP contribution in [-0.2, 0) is 16.0 Å². The molecule has 1 aromatic rings. The van der Waals surface area contributed by atoms with Gasteiger partial charge in [0, 0.05) is 18.7 Å². The number of carboxylic acids is 1. The molecule has 2 aliphatic heterocycles. The first-order valence-electron chi connectivity index (χ1n) is 7.95. The summed E-state index contributed by atoms with van der Waals surface area (Å²) in [6, 6.07) is 4.03. The van der Waals surface area contributed by atoms with E-state index in [9.17, 15) is 14.7 Å². The monoisotopic (exact) mass is 393 g/mol. The van der Waals surface area contributed by atoms with Crippen molar-refractivity contribution in [3.8, 4) is 5.75 Å². The quantitative estimate of drug-likeness (QED) is 0.797. The lowest BCUT2D eigenvalue weighted by Crippen LogP contribution is -2.47. The number of nitrogens with zero attached hydrogens (tertiary/aromatic N) is 1. The number of Topliss-reactive ketones (excluding diaryl/α,β-unsaturated/α-hetero) is 1. The predicted molar refractivity (Wildman–Crippen MR) is 92.9 cm³/mol. The number of carbonyl (C=O) groups is 2. The van der Waals surface area contributed by atoms with Gasteiger partial charge >= 0.3 is 5.97 Å². The molecule has 2 heterocycles. The average molecular weight is 394 g/mol. The number of fused-ring (bicyclic) bond motifs is 3. The zero-order chi connectivity index (χ0) is 17.6. The molecule has 3 rings (SSSR count). The van der Waals surface area contributed by atoms with Gasteiger partial charge in [0.1, 0.15) is 11.3 Å². The van der Waals surface area contributed by atoms with Gasteiger partial charge < -0.3 is 14.7 Å². The number of ether oxygens (including phenoxy) is 1. The van der Waals surface area contributed by atoms with Crippen LogP contribution in [0.4, 0.5) is 0 Å². The fraction of sp³-hybridized carbons (Fsp3) is 0.444. The molecule has 0 fully saturated rings. The lowest BCUT2D eigenvalue weighted by molar-refractivity contribution is -0.135. The lowest BCUT2D eigenvalue weighted by Gasteiger charge is -2.46. The van der Waals surface area contributed by atoms with Crippen LogP contribution < -0.4 is 4.74 Å². The van der Waals surface area contributed by atoms with Gasteiger partial charge in [0.05, 0.1) is 17.6 Å². The van der Waals surface area contributed by atoms with E-state index in [0.717, 1.165) is 22.2 Å². The van der Waals surface area contributed by atoms with Gasteiger partial charge in [-0.3, -0.25) is 4.79 Å². The Bertz CT molecular complexity index is 741. The number of ketones is 1. The molecule has 1 N–H and O–H groups in total. The topological polar surface area (TPSA) is 66.8 Å². The summed E-state index contributed by atoms with van der Waals surface area (Å²) in [5, 5.41) is 9.30. The van der Waals surface area contributed by atoms with Gasteiger partial charge in [0.25, 0.3) is 0 Å². The molecule has 2 aliphatic rings. The summed E-state index contributed by atoms with van der Waals surface area (Å²) in [5.41, 5.74) is 2.10. The predicted octanol–water partition coefficient (Wildman–Crippen LogP) is 3.32. The van der Waals surface area contributed by atoms with Gasteiger partial charge in [-0.05, 0) is 51.5 Å². The summed E-state index contributed by atoms with van der Waals surface area (Å²) < 4.78 is 6.28. The molecule has 0 aromatic heterocycles. The van der Waals surface area contributed by atoms with E-state index < -0.39 is 5.97 Å². The number of benzene rings is 1. The highest BCUT2D eigenvalue weighted by Gasteiger charge is 2.40. The SMILES string of the molecule is COc1cc2c(cc1Br)CC(C(C)C)N1C=C(C(=O)O)C(=O)CC21. The van der Waals surface area contributed by atoms with Crippen LogP contribution in [0.3, 0.4) is 0 Å². The minimum absolute atomic E-state index is 0.121. The van der Waals surface area contributed by atoms with Crippen LogP contribution in [0.1, 0.15) is 37.4 Å². The molecule has 0 saturated heterocycles. The van der Waals surface area contributed by atoms with Crippen molar-refractivity contribution in [2.24, 2.45) is 5.92 Å². The molecule has 0 aliphatic carbocycles. The molecule has 0 spiro atoms. The number of halogens is 1. The summed E-state index contributed by atoms with van der Waals surface area (Å²) in [6.45, 7) is 4.24. The van der Waals surface area contributed by atoms with E-state index >= 15 is 0 Å². The van der Waals surface area contributed by atoms with Crippen LogP contribution in [0.5, 0.6) is 5.75 Å². The average Bonchev–Trinajstić information content (AvgIpc) is 2.52. The third-order valence-electron chi connectivity index (χ3n) is 4.90. The lowest BCUT2D eigenvalue weighted by atomic mass is 9.80. The van der Waals surface area contributed by atoms with Gasteiger partial charge in [-0.25, -0.2) is 4.79 Å². The van der Waals surface area contributed by atoms with E-state index in [1.54, 1.807) is 13.3 Å². The molecule has 0 amide bonds. The van der Waals surface area contributed by atoms with Crippen LogP contribution in [0.25, 0.3) is 0 Å². The molecule has 2 atom stereocenters. The molecular formula is C18H20BrNO4. The minimum Gasteiger partial charge on any atom is -0.496 e. The van der Waals surface area contributed by atoms with E-state index in [2.05, 4.69) is 40.7 Å². The number of hydrogen-bond donors (Lipinski definition) is 1. The maximum absolute atomic E-state index is 12.3. The highest BCUT2D eigenvalue weighted by atomic mass is 79.9. The van der Waals surface area contributed by atoms with E-state index in [0.29, 0.717) is 5.92 Å². The zero-order valence-corrected chi connectivity index (χ0v) is 15.5. The van der Waals surface area contributed by atoms with Crippen molar-refractivity contribution in [3.05, 3.63) is 39.5 Å². The van der Waals surface area contributed by atoms with Gasteiger partial charge in [-0.1, -0.05) is 13.8 Å². The van der Waals surface area contributed by atoms with Gasteiger partial charge in [-0.15, -0.1) is 0 Å². The summed E-state index contributed by atoms with van der Waals surface area (Å²) >= 11 is 3.53. The first-order chi connectivity index (χ1) is 11.3. The first kappa shape index (κ1) is 17.0. The molecule has 128 valence electrons. The number of rotatable bonds is 3. The standard InChI is InChI=1S/C18H20BrNO4/c1-9(2)14-5-10-4-13(19)17(24-3)6-11(10)15-7-16(21)12(18(22)23)8-20(14)15/h4,6,8-9,14-15H,5,7H2,1-3H3,(H,22,23). The summed E-state index contributed by atoms with van der Waals surface area (Å²) in [6.07, 6.45) is 2.53. The molecule has 6 heteroatoms. The van der Waals surface area contributed by atoms with Crippen LogP contribution in [0.2, 0.25) is 0 Å². The number of carbonyl (C=O) groups excluding carboxylic acids is 1. The van der Waals surface area contributed by atoms with Crippen molar-refractivity contribution in [2.45, 2.75) is 38.8 Å². The Morgan fingerprint density at radius 3 is 2.67 bits per heavy atom. The molecule has 0 saturated carbocycles. The molecule has 0 bridgehead atoms. The van der Waals surface area contributed by atoms with Gasteiger partial charge in [0.2, 0.25) is 0 Å². The zero-order valence-electron chi connectivity index (χ0n) is 13.9. The number of aliphatic carboxylic acids is 1. The molecular weight excluding hydrogens is 374 g/mol. The summed E-state index contributed by atoms with van der Waals surface area (Å²) in [7, 11) is 1.61. The molecule has 24 heavy (non-hydrogen) atoms. The van der Waals surface area contributed by atoms with E-state index in [1.165, 1.54) is 5.56 Å². The second-order valence-corrected chi connectivity index (χ2v) is 7.49. The van der Waals surface area contributed by atoms with Crippen molar-refractivity contribution < 1.29 is 19.4 Å². The fourth-order valence-electron chi connectivity index (χ4n) is 3.64. The largest absolute Gasteiger partial charge is 0.496 e. The second kappa shape index (κ2) is 6.24. The van der Waals surface area contributed by atoms with Crippen LogP contribution >= 0.6 is 15.9 Å². The minimum atomic E-state index is -1.15. The Hall–Kier alpha value is -1.82. The van der Waals surface area contributed by atoms with Gasteiger partial charge in [0.15, 0.2) is 5.78 Å². The normalized spacial score (nSPS) is 22.8. The van der Waals surface area contributed by atoms with Crippen molar-refractivity contribution in [1.29, 1.82) is 0 Å². The Balaban J connectivity index is 2.14. The van der Waals surface area contributed by atoms with Crippen molar-refractivity contribution in [1.82, 2.24) is 4.90 Å². The van der Waals surface area contributed by atoms with Crippen molar-refractivity contribution in [3.63, 3.8) is 0 Å². The highest BCUT2D eigenvalue weighted by Crippen LogP contribution is 2.44. The Kier molecular flexibility index (Phi) is 4.42. The molecule has 0 radical (unpaired) electrons. The summed E-state index contributed by atoms with van der Waals surface area (Å²) in [4.78, 5) is 25.7. The molecule has 1 aromatic carbocycles. The Labute approximate surface area is 149 Å². The van der Waals surface area contributed by atoms with Crippen molar-refractivity contribution >= 4 is 27.7 Å². The second-order valence-electron chi connectivity index (χ2n) is 6.64. The van der Waals surface area contributed by atoms with Crippen LogP contribution in [-0.4, -0.2) is 34.9 Å². The summed E-state index contributed by atoms with van der Waals surface area (Å²) in [5.74, 6) is -0.417. The van der Waals surface area contributed by atoms with E-state index in [-0.39, 0.29) is 29.9 Å². The van der Waals surface area contributed by atoms with Gasteiger partial charge in [-0.2, -0.15) is 0 Å². The smallest absolute Gasteiger partial charge is 0.340 e. The van der Waals surface area contributed by atoms with Crippen LogP contribution in [0.15, 0.2) is 28.4 Å². The number of hydrogen-bond acceptors (Lipinski definition) is 4. The Morgan fingerprint density at radius 2 is 2.08 bits per heavy atom.